The summed E-state index contributed by atoms with van der Waals surface area (Å²) in [6.45, 7) is 8.23. The van der Waals surface area contributed by atoms with Crippen molar-refractivity contribution >= 4 is 22.6 Å². The fourth-order valence-corrected chi connectivity index (χ4v) is 2.52. The van der Waals surface area contributed by atoms with Gasteiger partial charge in [-0.15, -0.1) is 0 Å². The molecule has 0 aliphatic carbocycles. The van der Waals surface area contributed by atoms with Crippen LogP contribution in [-0.2, 0) is 6.54 Å². The van der Waals surface area contributed by atoms with E-state index in [1.807, 2.05) is 0 Å². The van der Waals surface area contributed by atoms with Crippen molar-refractivity contribution in [1.29, 1.82) is 0 Å². The molecule has 2 aromatic rings. The van der Waals surface area contributed by atoms with Crippen LogP contribution >= 0.6 is 22.6 Å². The molecule has 3 nitrogen and oxygen atoms in total. The molecule has 1 aromatic carbocycles. The van der Waals surface area contributed by atoms with E-state index in [4.69, 9.17) is 4.42 Å². The molecule has 0 spiro atoms. The molecule has 0 radical (unpaired) electrons. The van der Waals surface area contributed by atoms with E-state index in [0.29, 0.717) is 5.92 Å². The number of oxazole rings is 1. The molecule has 0 amide bonds. The molecular weight excluding hydrogens is 351 g/mol. The molecule has 0 saturated carbocycles. The first-order valence-corrected chi connectivity index (χ1v) is 7.56. The van der Waals surface area contributed by atoms with Crippen molar-refractivity contribution in [2.45, 2.75) is 27.3 Å². The van der Waals surface area contributed by atoms with Crippen LogP contribution in [0.25, 0.3) is 11.3 Å². The highest BCUT2D eigenvalue weighted by Crippen LogP contribution is 2.29. The Morgan fingerprint density at radius 2 is 2.16 bits per heavy atom. The number of hydrogen-bond acceptors (Lipinski definition) is 3. The van der Waals surface area contributed by atoms with Crippen LogP contribution in [0.1, 0.15) is 25.1 Å². The third-order valence-corrected chi connectivity index (χ3v) is 4.35. The Morgan fingerprint density at radius 3 is 2.89 bits per heavy atom. The second-order valence-electron chi connectivity index (χ2n) is 5.09. The highest BCUT2D eigenvalue weighted by atomic mass is 127. The van der Waals surface area contributed by atoms with Crippen molar-refractivity contribution < 1.29 is 4.42 Å². The predicted molar refractivity (Wildman–Crippen MR) is 85.9 cm³/mol. The maximum absolute atomic E-state index is 5.59. The molecule has 1 aromatic heterocycles. The molecule has 4 heteroatoms. The number of aromatic nitrogens is 1. The van der Waals surface area contributed by atoms with Gasteiger partial charge in [0.25, 0.3) is 0 Å². The van der Waals surface area contributed by atoms with E-state index in [9.17, 15) is 0 Å². The van der Waals surface area contributed by atoms with Crippen LogP contribution in [-0.4, -0.2) is 11.5 Å². The summed E-state index contributed by atoms with van der Waals surface area (Å²) in [6, 6.07) is 6.25. The van der Waals surface area contributed by atoms with Crippen molar-refractivity contribution in [3.63, 3.8) is 0 Å². The summed E-state index contributed by atoms with van der Waals surface area (Å²) in [4.78, 5) is 4.33. The quantitative estimate of drug-likeness (QED) is 0.809. The number of rotatable bonds is 5. The first kappa shape index (κ1) is 14.5. The molecule has 1 N–H and O–H groups in total. The van der Waals surface area contributed by atoms with Crippen molar-refractivity contribution in [3.05, 3.63) is 39.4 Å². The minimum atomic E-state index is 0.634. The Hall–Kier alpha value is -0.880. The number of benzene rings is 1. The van der Waals surface area contributed by atoms with Crippen LogP contribution in [0.2, 0.25) is 0 Å². The first-order valence-electron chi connectivity index (χ1n) is 6.48. The van der Waals surface area contributed by atoms with Crippen molar-refractivity contribution in [1.82, 2.24) is 10.3 Å². The van der Waals surface area contributed by atoms with Crippen molar-refractivity contribution in [2.75, 3.05) is 6.54 Å². The minimum absolute atomic E-state index is 0.634. The van der Waals surface area contributed by atoms with Gasteiger partial charge in [-0.3, -0.25) is 0 Å². The summed E-state index contributed by atoms with van der Waals surface area (Å²) in [5.41, 5.74) is 3.36. The Bertz CT molecular complexity index is 549. The third kappa shape index (κ3) is 3.57. The van der Waals surface area contributed by atoms with Gasteiger partial charge in [-0.25, -0.2) is 4.98 Å². The normalized spacial score (nSPS) is 11.2. The van der Waals surface area contributed by atoms with Crippen LogP contribution in [0, 0.1) is 16.4 Å². The summed E-state index contributed by atoms with van der Waals surface area (Å²) in [6.07, 6.45) is 1.53. The highest BCUT2D eigenvalue weighted by Gasteiger charge is 2.14. The van der Waals surface area contributed by atoms with Gasteiger partial charge in [0.1, 0.15) is 5.69 Å². The smallest absolute Gasteiger partial charge is 0.181 e. The van der Waals surface area contributed by atoms with Crippen LogP contribution < -0.4 is 5.32 Å². The number of nitrogens with zero attached hydrogens (tertiary/aromatic N) is 1. The minimum Gasteiger partial charge on any atom is -0.443 e. The molecule has 0 aliphatic rings. The molecule has 0 bridgehead atoms. The Morgan fingerprint density at radius 1 is 1.37 bits per heavy atom. The molecule has 0 unspecified atom stereocenters. The zero-order chi connectivity index (χ0) is 13.8. The van der Waals surface area contributed by atoms with Crippen molar-refractivity contribution in [2.24, 2.45) is 5.92 Å². The molecule has 2 rings (SSSR count). The zero-order valence-corrected chi connectivity index (χ0v) is 13.7. The van der Waals surface area contributed by atoms with Gasteiger partial charge in [0.15, 0.2) is 12.2 Å². The molecule has 102 valence electrons. The van der Waals surface area contributed by atoms with E-state index in [1.54, 1.807) is 0 Å². The molecular formula is C15H19IN2O. The largest absolute Gasteiger partial charge is 0.443 e. The zero-order valence-electron chi connectivity index (χ0n) is 11.5. The Labute approximate surface area is 128 Å². The van der Waals surface area contributed by atoms with E-state index in [2.05, 4.69) is 71.9 Å². The molecule has 19 heavy (non-hydrogen) atoms. The van der Waals surface area contributed by atoms with Gasteiger partial charge in [0, 0.05) is 15.7 Å². The Kier molecular flexibility index (Phi) is 4.99. The lowest BCUT2D eigenvalue weighted by atomic mass is 10.1. The summed E-state index contributed by atoms with van der Waals surface area (Å²) >= 11 is 2.36. The van der Waals surface area contributed by atoms with Crippen molar-refractivity contribution in [3.8, 4) is 11.3 Å². The van der Waals surface area contributed by atoms with E-state index in [0.717, 1.165) is 30.1 Å². The lowest BCUT2D eigenvalue weighted by Gasteiger charge is -2.08. The van der Waals surface area contributed by atoms with E-state index >= 15 is 0 Å². The number of halogens is 1. The lowest BCUT2D eigenvalue weighted by molar-refractivity contribution is 0.545. The second-order valence-corrected chi connectivity index (χ2v) is 6.17. The van der Waals surface area contributed by atoms with Crippen LogP contribution in [0.4, 0.5) is 0 Å². The Balaban J connectivity index is 2.21. The molecule has 0 atom stereocenters. The van der Waals surface area contributed by atoms with Gasteiger partial charge in [-0.05, 0) is 47.5 Å². The van der Waals surface area contributed by atoms with Crippen LogP contribution in [0.3, 0.4) is 0 Å². The highest BCUT2D eigenvalue weighted by molar-refractivity contribution is 14.1. The number of aryl methyl sites for hydroxylation is 1. The number of nitrogens with one attached hydrogen (secondary N) is 1. The fourth-order valence-electron chi connectivity index (χ4n) is 1.92. The van der Waals surface area contributed by atoms with Crippen LogP contribution in [0.15, 0.2) is 29.0 Å². The molecule has 0 aliphatic heterocycles. The van der Waals surface area contributed by atoms with Gasteiger partial charge in [-0.2, -0.15) is 0 Å². The SMILES string of the molecule is Cc1cccc(-c2ocnc2CNCC(C)C)c1I. The first-order chi connectivity index (χ1) is 9.09. The van der Waals surface area contributed by atoms with Gasteiger partial charge in [-0.1, -0.05) is 32.0 Å². The second kappa shape index (κ2) is 6.52. The average molecular weight is 370 g/mol. The fraction of sp³-hybridized carbons (Fsp3) is 0.400. The van der Waals surface area contributed by atoms with Crippen LogP contribution in [0.5, 0.6) is 0 Å². The summed E-state index contributed by atoms with van der Waals surface area (Å²) in [5.74, 6) is 1.51. The van der Waals surface area contributed by atoms with Gasteiger partial charge in [0.05, 0.1) is 0 Å². The molecule has 0 saturated heterocycles. The lowest BCUT2D eigenvalue weighted by Crippen LogP contribution is -2.19. The van der Waals surface area contributed by atoms with E-state index in [-0.39, 0.29) is 0 Å². The topological polar surface area (TPSA) is 38.1 Å². The summed E-state index contributed by atoms with van der Waals surface area (Å²) in [5, 5.41) is 3.41. The molecule has 0 fully saturated rings. The predicted octanol–water partition coefficient (Wildman–Crippen LogP) is 4.00. The maximum atomic E-state index is 5.59. The number of hydrogen-bond donors (Lipinski definition) is 1. The summed E-state index contributed by atoms with van der Waals surface area (Å²) < 4.78 is 6.81. The van der Waals surface area contributed by atoms with E-state index < -0.39 is 0 Å². The summed E-state index contributed by atoms with van der Waals surface area (Å²) in [7, 11) is 0. The maximum Gasteiger partial charge on any atom is 0.181 e. The standard InChI is InChI=1S/C15H19IN2O/c1-10(2)7-17-8-13-15(19-9-18-13)12-6-4-5-11(3)14(12)16/h4-6,9-10,17H,7-8H2,1-3H3. The molecule has 1 heterocycles. The monoisotopic (exact) mass is 370 g/mol. The van der Waals surface area contributed by atoms with Gasteiger partial charge in [0.2, 0.25) is 0 Å². The third-order valence-electron chi connectivity index (χ3n) is 2.92. The van der Waals surface area contributed by atoms with Gasteiger partial charge >= 0.3 is 0 Å². The average Bonchev–Trinajstić information content (AvgIpc) is 2.80. The van der Waals surface area contributed by atoms with E-state index in [1.165, 1.54) is 15.5 Å². The van der Waals surface area contributed by atoms with Gasteiger partial charge < -0.3 is 9.73 Å².